The van der Waals surface area contributed by atoms with Crippen LogP contribution in [0.2, 0.25) is 0 Å². The first-order chi connectivity index (χ1) is 24.3. The summed E-state index contributed by atoms with van der Waals surface area (Å²) in [4.78, 5) is 2.36. The number of hydrogen-bond donors (Lipinski definition) is 0. The second kappa shape index (κ2) is 11.0. The molecule has 10 rings (SSSR count). The summed E-state index contributed by atoms with van der Waals surface area (Å²) >= 11 is 0. The van der Waals surface area contributed by atoms with Gasteiger partial charge in [-0.15, -0.1) is 0 Å². The molecule has 49 heavy (non-hydrogen) atoms. The van der Waals surface area contributed by atoms with Gasteiger partial charge in [0.25, 0.3) is 0 Å². The number of hydrogen-bond acceptors (Lipinski definition) is 3. The van der Waals surface area contributed by atoms with Gasteiger partial charge in [0.2, 0.25) is 0 Å². The normalized spacial score (nSPS) is 11.7. The van der Waals surface area contributed by atoms with E-state index in [0.29, 0.717) is 0 Å². The Balaban J connectivity index is 1.28. The van der Waals surface area contributed by atoms with Crippen LogP contribution in [-0.4, -0.2) is 0 Å². The lowest BCUT2D eigenvalue weighted by molar-refractivity contribution is 0.663. The molecule has 2 heterocycles. The van der Waals surface area contributed by atoms with E-state index in [2.05, 4.69) is 157 Å². The van der Waals surface area contributed by atoms with Gasteiger partial charge in [0.05, 0.1) is 0 Å². The highest BCUT2D eigenvalue weighted by Crippen LogP contribution is 2.46. The Kier molecular flexibility index (Phi) is 6.18. The first-order valence-electron chi connectivity index (χ1n) is 16.6. The van der Waals surface area contributed by atoms with Crippen LogP contribution < -0.4 is 4.90 Å². The highest BCUT2D eigenvalue weighted by atomic mass is 16.3. The van der Waals surface area contributed by atoms with Gasteiger partial charge >= 0.3 is 0 Å². The van der Waals surface area contributed by atoms with Crippen molar-refractivity contribution in [2.75, 3.05) is 4.90 Å². The predicted molar refractivity (Wildman–Crippen MR) is 204 cm³/mol. The molecule has 0 aliphatic carbocycles. The molecule has 0 amide bonds. The minimum Gasteiger partial charge on any atom is -0.456 e. The number of nitrogens with zero attached hydrogens (tertiary/aromatic N) is 1. The molecule has 2 aromatic heterocycles. The molecule has 8 aromatic carbocycles. The van der Waals surface area contributed by atoms with Gasteiger partial charge in [-0.3, -0.25) is 0 Å². The van der Waals surface area contributed by atoms with Crippen LogP contribution in [0.3, 0.4) is 0 Å². The Morgan fingerprint density at radius 2 is 0.959 bits per heavy atom. The smallest absolute Gasteiger partial charge is 0.143 e. The third-order valence-corrected chi connectivity index (χ3v) is 9.63. The van der Waals surface area contributed by atoms with Crippen molar-refractivity contribution in [3.8, 4) is 22.3 Å². The molecule has 10 aromatic rings. The summed E-state index contributed by atoms with van der Waals surface area (Å²) in [6, 6.07) is 62.1. The molecule has 3 heteroatoms. The molecule has 0 spiro atoms. The van der Waals surface area contributed by atoms with E-state index in [9.17, 15) is 0 Å². The Morgan fingerprint density at radius 1 is 0.347 bits per heavy atom. The molecule has 0 fully saturated rings. The molecule has 0 aliphatic heterocycles. The van der Waals surface area contributed by atoms with E-state index in [1.165, 1.54) is 21.9 Å². The van der Waals surface area contributed by atoms with Gasteiger partial charge in [-0.25, -0.2) is 0 Å². The zero-order chi connectivity index (χ0) is 32.3. The molecule has 3 nitrogen and oxygen atoms in total. The fourth-order valence-electron chi connectivity index (χ4n) is 7.33. The molecule has 0 saturated heterocycles. The molecule has 0 atom stereocenters. The Labute approximate surface area is 282 Å². The summed E-state index contributed by atoms with van der Waals surface area (Å²) in [6.45, 7) is 0. The highest BCUT2D eigenvalue weighted by Gasteiger charge is 2.22. The number of para-hydroxylation sites is 1. The Bertz CT molecular complexity index is 2810. The van der Waals surface area contributed by atoms with Crippen molar-refractivity contribution in [3.05, 3.63) is 176 Å². The Hall–Kier alpha value is -6.58. The van der Waals surface area contributed by atoms with Gasteiger partial charge in [-0.05, 0) is 82.1 Å². The van der Waals surface area contributed by atoms with Crippen molar-refractivity contribution in [3.63, 3.8) is 0 Å². The summed E-state index contributed by atoms with van der Waals surface area (Å²) in [5, 5.41) is 6.68. The Morgan fingerprint density at radius 3 is 1.76 bits per heavy atom. The second-order valence-electron chi connectivity index (χ2n) is 12.5. The first-order valence-corrected chi connectivity index (χ1v) is 16.6. The monoisotopic (exact) mass is 627 g/mol. The average Bonchev–Trinajstić information content (AvgIpc) is 3.74. The molecule has 0 aliphatic rings. The number of furan rings is 2. The maximum Gasteiger partial charge on any atom is 0.143 e. The standard InChI is InChI=1S/C46H29NO2/c1-3-11-30(12-4-1)32-19-22-35(23-20-32)47(36-24-21-31-13-7-8-16-34(31)27-36)37-28-39(33-14-5-2-6-15-33)46-40(29-37)45-43(49-46)26-25-42-44(45)38-17-9-10-18-41(38)48-42/h1-29H. The van der Waals surface area contributed by atoms with Gasteiger partial charge in [-0.2, -0.15) is 0 Å². The molecule has 0 saturated carbocycles. The van der Waals surface area contributed by atoms with Crippen LogP contribution in [0.4, 0.5) is 17.1 Å². The van der Waals surface area contributed by atoms with Crippen molar-refractivity contribution in [2.24, 2.45) is 0 Å². The van der Waals surface area contributed by atoms with E-state index < -0.39 is 0 Å². The van der Waals surface area contributed by atoms with Gasteiger partial charge in [0.1, 0.15) is 22.3 Å². The lowest BCUT2D eigenvalue weighted by atomic mass is 9.98. The summed E-state index contributed by atoms with van der Waals surface area (Å²) in [5.74, 6) is 0. The van der Waals surface area contributed by atoms with Gasteiger partial charge in [0.15, 0.2) is 0 Å². The van der Waals surface area contributed by atoms with Crippen LogP contribution in [0.5, 0.6) is 0 Å². The third-order valence-electron chi connectivity index (χ3n) is 9.63. The fraction of sp³-hybridized carbons (Fsp3) is 0. The average molecular weight is 628 g/mol. The molecular weight excluding hydrogens is 599 g/mol. The van der Waals surface area contributed by atoms with Crippen LogP contribution in [0, 0.1) is 0 Å². The highest BCUT2D eigenvalue weighted by molar-refractivity contribution is 6.27. The number of anilines is 3. The minimum absolute atomic E-state index is 0.841. The minimum atomic E-state index is 0.841. The molecule has 230 valence electrons. The topological polar surface area (TPSA) is 29.5 Å². The number of benzene rings is 8. The van der Waals surface area contributed by atoms with E-state index in [-0.39, 0.29) is 0 Å². The number of rotatable bonds is 5. The van der Waals surface area contributed by atoms with Crippen LogP contribution >= 0.6 is 0 Å². The SMILES string of the molecule is c1ccc(-c2ccc(N(c3ccc4ccccc4c3)c3cc(-c4ccccc4)c4oc5ccc6oc7ccccc7c6c5c4c3)cc2)cc1. The zero-order valence-corrected chi connectivity index (χ0v) is 26.5. The largest absolute Gasteiger partial charge is 0.456 e. The van der Waals surface area contributed by atoms with Crippen molar-refractivity contribution >= 4 is 71.7 Å². The summed E-state index contributed by atoms with van der Waals surface area (Å²) < 4.78 is 13.1. The quantitative estimate of drug-likeness (QED) is 0.190. The summed E-state index contributed by atoms with van der Waals surface area (Å²) in [5.41, 5.74) is 11.1. The van der Waals surface area contributed by atoms with Crippen LogP contribution in [0.1, 0.15) is 0 Å². The van der Waals surface area contributed by atoms with Gasteiger partial charge < -0.3 is 13.7 Å². The third kappa shape index (κ3) is 4.51. The van der Waals surface area contributed by atoms with E-state index >= 15 is 0 Å². The maximum absolute atomic E-state index is 6.77. The van der Waals surface area contributed by atoms with Crippen molar-refractivity contribution in [1.82, 2.24) is 0 Å². The van der Waals surface area contributed by atoms with E-state index in [0.717, 1.165) is 72.1 Å². The number of fused-ring (bicyclic) bond motifs is 8. The van der Waals surface area contributed by atoms with Crippen LogP contribution in [0.15, 0.2) is 185 Å². The van der Waals surface area contributed by atoms with Gasteiger partial charge in [-0.1, -0.05) is 121 Å². The fourth-order valence-corrected chi connectivity index (χ4v) is 7.33. The van der Waals surface area contributed by atoms with Crippen molar-refractivity contribution in [2.45, 2.75) is 0 Å². The molecule has 0 unspecified atom stereocenters. The molecule has 0 N–H and O–H groups in total. The van der Waals surface area contributed by atoms with E-state index in [1.54, 1.807) is 0 Å². The molecule has 0 bridgehead atoms. The van der Waals surface area contributed by atoms with Crippen molar-refractivity contribution in [1.29, 1.82) is 0 Å². The summed E-state index contributed by atoms with van der Waals surface area (Å²) in [6.07, 6.45) is 0. The molecule has 0 radical (unpaired) electrons. The van der Waals surface area contributed by atoms with Crippen LogP contribution in [0.25, 0.3) is 76.9 Å². The zero-order valence-electron chi connectivity index (χ0n) is 26.5. The van der Waals surface area contributed by atoms with E-state index in [4.69, 9.17) is 8.83 Å². The molecular formula is C46H29NO2. The van der Waals surface area contributed by atoms with Gasteiger partial charge in [0, 0.05) is 44.2 Å². The maximum atomic E-state index is 6.77. The lowest BCUT2D eigenvalue weighted by Crippen LogP contribution is -2.10. The van der Waals surface area contributed by atoms with Crippen molar-refractivity contribution < 1.29 is 8.83 Å². The lowest BCUT2D eigenvalue weighted by Gasteiger charge is -2.27. The van der Waals surface area contributed by atoms with E-state index in [1.807, 2.05) is 24.3 Å². The summed E-state index contributed by atoms with van der Waals surface area (Å²) in [7, 11) is 0. The second-order valence-corrected chi connectivity index (χ2v) is 12.5. The predicted octanol–water partition coefficient (Wildman–Crippen LogP) is 13.4. The first kappa shape index (κ1) is 27.5. The van der Waals surface area contributed by atoms with Crippen LogP contribution in [-0.2, 0) is 0 Å².